The van der Waals surface area contributed by atoms with Gasteiger partial charge in [-0.2, -0.15) is 0 Å². The van der Waals surface area contributed by atoms with E-state index in [2.05, 4.69) is 15.5 Å². The largest absolute Gasteiger partial charge is 0.350 e. The van der Waals surface area contributed by atoms with Gasteiger partial charge < -0.3 is 10.6 Å². The predicted molar refractivity (Wildman–Crippen MR) is 66.4 cm³/mol. The van der Waals surface area contributed by atoms with Crippen molar-refractivity contribution in [2.45, 2.75) is 45.2 Å². The first-order valence-electron chi connectivity index (χ1n) is 6.11. The molecule has 0 aromatic rings. The van der Waals surface area contributed by atoms with Crippen LogP contribution in [0.1, 0.15) is 33.6 Å². The number of nitrogens with one attached hydrogen (secondary N) is 2. The number of likely N-dealkylation sites (N-methyl/N-ethyl adjacent to an activating group) is 1. The van der Waals surface area contributed by atoms with Crippen molar-refractivity contribution >= 4 is 5.91 Å². The molecule has 1 aliphatic heterocycles. The number of carbonyl (C=O) groups excluding carboxylic acids is 1. The Hall–Kier alpha value is -0.610. The monoisotopic (exact) mass is 227 g/mol. The Morgan fingerprint density at radius 1 is 1.44 bits per heavy atom. The summed E-state index contributed by atoms with van der Waals surface area (Å²) < 4.78 is 0. The standard InChI is InChI=1S/C12H25N3O/c1-12(2,3)14-11(16)9-15-7-5-6-10(8-15)13-4/h10,13H,5-9H2,1-4H3,(H,14,16). The zero-order valence-corrected chi connectivity index (χ0v) is 11.0. The van der Waals surface area contributed by atoms with Crippen LogP contribution in [0, 0.1) is 0 Å². The molecule has 16 heavy (non-hydrogen) atoms. The molecule has 0 aliphatic carbocycles. The van der Waals surface area contributed by atoms with E-state index in [1.165, 1.54) is 12.8 Å². The number of piperidine rings is 1. The summed E-state index contributed by atoms with van der Waals surface area (Å²) in [6.07, 6.45) is 2.39. The first-order valence-corrected chi connectivity index (χ1v) is 6.11. The Kier molecular flexibility index (Phi) is 4.74. The molecular weight excluding hydrogens is 202 g/mol. The van der Waals surface area contributed by atoms with Gasteiger partial charge in [0.25, 0.3) is 0 Å². The van der Waals surface area contributed by atoms with E-state index < -0.39 is 0 Å². The highest BCUT2D eigenvalue weighted by Crippen LogP contribution is 2.09. The summed E-state index contributed by atoms with van der Waals surface area (Å²) in [5.74, 6) is 0.129. The number of nitrogens with zero attached hydrogens (tertiary/aromatic N) is 1. The summed E-state index contributed by atoms with van der Waals surface area (Å²) in [5, 5.41) is 6.28. The maximum atomic E-state index is 11.7. The van der Waals surface area contributed by atoms with Crippen molar-refractivity contribution in [2.75, 3.05) is 26.7 Å². The van der Waals surface area contributed by atoms with E-state index in [0.717, 1.165) is 13.1 Å². The minimum atomic E-state index is -0.130. The molecule has 0 aromatic carbocycles. The van der Waals surface area contributed by atoms with E-state index in [1.807, 2.05) is 27.8 Å². The molecule has 0 aromatic heterocycles. The zero-order chi connectivity index (χ0) is 12.2. The van der Waals surface area contributed by atoms with Gasteiger partial charge in [-0.15, -0.1) is 0 Å². The molecule has 2 N–H and O–H groups in total. The molecule has 0 radical (unpaired) electrons. The SMILES string of the molecule is CNC1CCCN(CC(=O)NC(C)(C)C)C1. The number of carbonyl (C=O) groups is 1. The minimum Gasteiger partial charge on any atom is -0.350 e. The van der Waals surface area contributed by atoms with E-state index in [1.54, 1.807) is 0 Å². The van der Waals surface area contributed by atoms with Gasteiger partial charge in [0, 0.05) is 18.1 Å². The molecule has 1 aliphatic rings. The predicted octanol–water partition coefficient (Wildman–Crippen LogP) is 0.585. The van der Waals surface area contributed by atoms with Crippen LogP contribution >= 0.6 is 0 Å². The first-order chi connectivity index (χ1) is 7.40. The van der Waals surface area contributed by atoms with Crippen LogP contribution in [0.3, 0.4) is 0 Å². The molecule has 0 saturated carbocycles. The van der Waals surface area contributed by atoms with Crippen molar-refractivity contribution in [3.05, 3.63) is 0 Å². The summed E-state index contributed by atoms with van der Waals surface area (Å²) in [6, 6.07) is 0.538. The maximum absolute atomic E-state index is 11.7. The van der Waals surface area contributed by atoms with Gasteiger partial charge in [-0.1, -0.05) is 0 Å². The number of hydrogen-bond acceptors (Lipinski definition) is 3. The molecule has 1 amide bonds. The van der Waals surface area contributed by atoms with Crippen LogP contribution in [0.2, 0.25) is 0 Å². The lowest BCUT2D eigenvalue weighted by molar-refractivity contribution is -0.123. The second kappa shape index (κ2) is 5.64. The third-order valence-electron chi connectivity index (χ3n) is 2.80. The number of amides is 1. The van der Waals surface area contributed by atoms with E-state index >= 15 is 0 Å². The fourth-order valence-corrected chi connectivity index (χ4v) is 2.10. The maximum Gasteiger partial charge on any atom is 0.234 e. The smallest absolute Gasteiger partial charge is 0.234 e. The van der Waals surface area contributed by atoms with Crippen LogP contribution < -0.4 is 10.6 Å². The summed E-state index contributed by atoms with van der Waals surface area (Å²) in [4.78, 5) is 14.0. The third-order valence-corrected chi connectivity index (χ3v) is 2.80. The number of hydrogen-bond donors (Lipinski definition) is 2. The van der Waals surface area contributed by atoms with Gasteiger partial charge in [-0.3, -0.25) is 9.69 Å². The normalized spacial score (nSPS) is 23.1. The van der Waals surface area contributed by atoms with Gasteiger partial charge in [-0.05, 0) is 47.2 Å². The number of likely N-dealkylation sites (tertiary alicyclic amines) is 1. The second-order valence-corrected chi connectivity index (χ2v) is 5.66. The van der Waals surface area contributed by atoms with Gasteiger partial charge in [0.2, 0.25) is 5.91 Å². The minimum absolute atomic E-state index is 0.129. The molecule has 0 bridgehead atoms. The van der Waals surface area contributed by atoms with E-state index in [4.69, 9.17) is 0 Å². The highest BCUT2D eigenvalue weighted by atomic mass is 16.2. The van der Waals surface area contributed by atoms with Crippen LogP contribution in [-0.2, 0) is 4.79 Å². The highest BCUT2D eigenvalue weighted by Gasteiger charge is 2.21. The average Bonchev–Trinajstić information content (AvgIpc) is 2.15. The van der Waals surface area contributed by atoms with Crippen molar-refractivity contribution < 1.29 is 4.79 Å². The Balaban J connectivity index is 2.33. The van der Waals surface area contributed by atoms with Crippen molar-refractivity contribution in [1.82, 2.24) is 15.5 Å². The zero-order valence-electron chi connectivity index (χ0n) is 11.0. The van der Waals surface area contributed by atoms with Gasteiger partial charge in [0.05, 0.1) is 6.54 Å². The average molecular weight is 227 g/mol. The lowest BCUT2D eigenvalue weighted by Gasteiger charge is -2.32. The molecule has 4 heteroatoms. The Morgan fingerprint density at radius 2 is 2.12 bits per heavy atom. The summed E-state index contributed by atoms with van der Waals surface area (Å²) >= 11 is 0. The van der Waals surface area contributed by atoms with E-state index in [0.29, 0.717) is 12.6 Å². The van der Waals surface area contributed by atoms with Gasteiger partial charge in [0.15, 0.2) is 0 Å². The quantitative estimate of drug-likeness (QED) is 0.741. The summed E-state index contributed by atoms with van der Waals surface area (Å²) in [6.45, 7) is 8.58. The van der Waals surface area contributed by atoms with Crippen LogP contribution in [0.25, 0.3) is 0 Å². The van der Waals surface area contributed by atoms with Gasteiger partial charge in [0.1, 0.15) is 0 Å². The van der Waals surface area contributed by atoms with Crippen molar-refractivity contribution in [1.29, 1.82) is 0 Å². The molecule has 0 spiro atoms. The Morgan fingerprint density at radius 3 is 2.69 bits per heavy atom. The lowest BCUT2D eigenvalue weighted by atomic mass is 10.1. The molecule has 1 atom stereocenters. The molecule has 1 rings (SSSR count). The summed E-state index contributed by atoms with van der Waals surface area (Å²) in [7, 11) is 1.99. The Bertz CT molecular complexity index is 235. The van der Waals surface area contributed by atoms with Crippen molar-refractivity contribution in [2.24, 2.45) is 0 Å². The molecule has 1 fully saturated rings. The van der Waals surface area contributed by atoms with Crippen molar-refractivity contribution in [3.63, 3.8) is 0 Å². The topological polar surface area (TPSA) is 44.4 Å². The molecular formula is C12H25N3O. The van der Waals surface area contributed by atoms with Crippen LogP contribution in [0.5, 0.6) is 0 Å². The van der Waals surface area contributed by atoms with Gasteiger partial charge in [-0.25, -0.2) is 0 Å². The summed E-state index contributed by atoms with van der Waals surface area (Å²) in [5.41, 5.74) is -0.130. The first kappa shape index (κ1) is 13.5. The Labute approximate surface area is 98.8 Å². The van der Waals surface area contributed by atoms with Crippen LogP contribution in [0.4, 0.5) is 0 Å². The van der Waals surface area contributed by atoms with Gasteiger partial charge >= 0.3 is 0 Å². The van der Waals surface area contributed by atoms with Crippen LogP contribution in [0.15, 0.2) is 0 Å². The fourth-order valence-electron chi connectivity index (χ4n) is 2.10. The molecule has 1 unspecified atom stereocenters. The van der Waals surface area contributed by atoms with E-state index in [9.17, 15) is 4.79 Å². The molecule has 1 heterocycles. The second-order valence-electron chi connectivity index (χ2n) is 5.66. The fraction of sp³-hybridized carbons (Fsp3) is 0.917. The van der Waals surface area contributed by atoms with E-state index in [-0.39, 0.29) is 11.4 Å². The third kappa shape index (κ3) is 4.94. The molecule has 94 valence electrons. The molecule has 4 nitrogen and oxygen atoms in total. The van der Waals surface area contributed by atoms with Crippen molar-refractivity contribution in [3.8, 4) is 0 Å². The van der Waals surface area contributed by atoms with Crippen LogP contribution in [-0.4, -0.2) is 49.1 Å². The number of rotatable bonds is 3. The highest BCUT2D eigenvalue weighted by molar-refractivity contribution is 5.78. The lowest BCUT2D eigenvalue weighted by Crippen LogP contribution is -2.50. The molecule has 1 saturated heterocycles.